The van der Waals surface area contributed by atoms with Crippen LogP contribution in [0.25, 0.3) is 0 Å². The Morgan fingerprint density at radius 1 is 1.41 bits per heavy atom. The molecule has 2 rings (SSSR count). The van der Waals surface area contributed by atoms with Crippen LogP contribution in [0.2, 0.25) is 0 Å². The highest BCUT2D eigenvalue weighted by atomic mass is 79.9. The molecular formula is C15H19BrO. The fourth-order valence-corrected chi connectivity index (χ4v) is 3.18. The maximum Gasteiger partial charge on any atom is 0.0856 e. The van der Waals surface area contributed by atoms with Gasteiger partial charge in [-0.15, -0.1) is 6.58 Å². The van der Waals surface area contributed by atoms with Crippen molar-refractivity contribution in [2.75, 3.05) is 0 Å². The summed E-state index contributed by atoms with van der Waals surface area (Å²) in [5.41, 5.74) is 0.604. The van der Waals surface area contributed by atoms with Crippen LogP contribution in [-0.2, 0) is 6.42 Å². The van der Waals surface area contributed by atoms with E-state index in [4.69, 9.17) is 0 Å². The zero-order chi connectivity index (χ0) is 12.3. The Labute approximate surface area is 112 Å². The van der Waals surface area contributed by atoms with Gasteiger partial charge >= 0.3 is 0 Å². The van der Waals surface area contributed by atoms with Gasteiger partial charge in [0.25, 0.3) is 0 Å². The first-order chi connectivity index (χ1) is 8.15. The Hall–Kier alpha value is -0.600. The third kappa shape index (κ3) is 2.80. The van der Waals surface area contributed by atoms with Crippen LogP contribution in [0.1, 0.15) is 31.2 Å². The summed E-state index contributed by atoms with van der Waals surface area (Å²) < 4.78 is 1.14. The van der Waals surface area contributed by atoms with Gasteiger partial charge in [-0.05, 0) is 36.8 Å². The molecule has 0 saturated heterocycles. The molecule has 0 aromatic heterocycles. The second-order valence-corrected chi connectivity index (χ2v) is 5.79. The SMILES string of the molecule is C=C[C@@]1(O)CCCC[C@@H]1Cc1ccccc1Br. The second-order valence-electron chi connectivity index (χ2n) is 4.93. The van der Waals surface area contributed by atoms with Crippen LogP contribution in [0.15, 0.2) is 41.4 Å². The molecule has 1 aromatic rings. The number of aliphatic hydroxyl groups is 1. The lowest BCUT2D eigenvalue weighted by atomic mass is 9.73. The van der Waals surface area contributed by atoms with Gasteiger partial charge in [0, 0.05) is 4.47 Å². The first kappa shape index (κ1) is 12.8. The topological polar surface area (TPSA) is 20.2 Å². The Kier molecular flexibility index (Phi) is 4.05. The molecule has 0 unspecified atom stereocenters. The maximum absolute atomic E-state index is 10.6. The lowest BCUT2D eigenvalue weighted by Gasteiger charge is -2.38. The summed E-state index contributed by atoms with van der Waals surface area (Å²) in [7, 11) is 0. The summed E-state index contributed by atoms with van der Waals surface area (Å²) in [4.78, 5) is 0. The Morgan fingerprint density at radius 3 is 2.88 bits per heavy atom. The van der Waals surface area contributed by atoms with Crippen molar-refractivity contribution < 1.29 is 5.11 Å². The molecule has 1 saturated carbocycles. The Bertz CT molecular complexity index is 402. The third-order valence-electron chi connectivity index (χ3n) is 3.86. The van der Waals surface area contributed by atoms with E-state index in [1.807, 2.05) is 6.07 Å². The predicted octanol–water partition coefficient (Wildman–Crippen LogP) is 4.10. The van der Waals surface area contributed by atoms with Crippen molar-refractivity contribution in [3.8, 4) is 0 Å². The fourth-order valence-electron chi connectivity index (χ4n) is 2.73. The van der Waals surface area contributed by atoms with E-state index in [1.54, 1.807) is 6.08 Å². The van der Waals surface area contributed by atoms with Crippen LogP contribution >= 0.6 is 15.9 Å². The minimum atomic E-state index is -0.673. The monoisotopic (exact) mass is 294 g/mol. The van der Waals surface area contributed by atoms with Gasteiger partial charge in [0.2, 0.25) is 0 Å². The van der Waals surface area contributed by atoms with Crippen molar-refractivity contribution in [1.29, 1.82) is 0 Å². The molecule has 1 nitrogen and oxygen atoms in total. The lowest BCUT2D eigenvalue weighted by Crippen LogP contribution is -2.39. The quantitative estimate of drug-likeness (QED) is 0.832. The first-order valence-corrected chi connectivity index (χ1v) is 7.04. The van der Waals surface area contributed by atoms with Gasteiger partial charge in [0.05, 0.1) is 5.60 Å². The summed E-state index contributed by atoms with van der Waals surface area (Å²) >= 11 is 3.58. The summed E-state index contributed by atoms with van der Waals surface area (Å²) in [6, 6.07) is 8.26. The molecular weight excluding hydrogens is 276 g/mol. The molecule has 0 spiro atoms. The summed E-state index contributed by atoms with van der Waals surface area (Å²) in [6.07, 6.45) is 6.92. The minimum Gasteiger partial charge on any atom is -0.386 e. The van der Waals surface area contributed by atoms with Crippen molar-refractivity contribution in [2.45, 2.75) is 37.7 Å². The fraction of sp³-hybridized carbons (Fsp3) is 0.467. The summed E-state index contributed by atoms with van der Waals surface area (Å²) in [6.45, 7) is 3.81. The summed E-state index contributed by atoms with van der Waals surface area (Å²) in [5, 5.41) is 10.6. The highest BCUT2D eigenvalue weighted by Gasteiger charge is 2.36. The van der Waals surface area contributed by atoms with Crippen LogP contribution in [0.3, 0.4) is 0 Å². The first-order valence-electron chi connectivity index (χ1n) is 6.25. The molecule has 0 bridgehead atoms. The van der Waals surface area contributed by atoms with Crippen molar-refractivity contribution in [1.82, 2.24) is 0 Å². The standard InChI is InChI=1S/C15H19BrO/c1-2-15(17)10-6-5-8-13(15)11-12-7-3-4-9-14(12)16/h2-4,7,9,13,17H,1,5-6,8,10-11H2/t13-,15-/m1/s1. The van der Waals surface area contributed by atoms with Crippen molar-refractivity contribution in [3.63, 3.8) is 0 Å². The Morgan fingerprint density at radius 2 is 2.18 bits per heavy atom. The molecule has 0 amide bonds. The van der Waals surface area contributed by atoms with E-state index < -0.39 is 5.60 Å². The molecule has 17 heavy (non-hydrogen) atoms. The molecule has 1 aliphatic carbocycles. The number of rotatable bonds is 3. The molecule has 1 aromatic carbocycles. The van der Waals surface area contributed by atoms with Crippen molar-refractivity contribution >= 4 is 15.9 Å². The zero-order valence-corrected chi connectivity index (χ0v) is 11.6. The predicted molar refractivity (Wildman–Crippen MR) is 75.0 cm³/mol. The molecule has 2 heteroatoms. The second kappa shape index (κ2) is 5.36. The highest BCUT2D eigenvalue weighted by molar-refractivity contribution is 9.10. The minimum absolute atomic E-state index is 0.299. The third-order valence-corrected chi connectivity index (χ3v) is 4.64. The number of benzene rings is 1. The molecule has 0 heterocycles. The van der Waals surface area contributed by atoms with Crippen LogP contribution in [0.5, 0.6) is 0 Å². The Balaban J connectivity index is 2.17. The smallest absolute Gasteiger partial charge is 0.0856 e. The van der Waals surface area contributed by atoms with Gasteiger partial charge in [0.1, 0.15) is 0 Å². The van der Waals surface area contributed by atoms with E-state index in [1.165, 1.54) is 12.0 Å². The maximum atomic E-state index is 10.6. The van der Waals surface area contributed by atoms with E-state index in [0.29, 0.717) is 5.92 Å². The van der Waals surface area contributed by atoms with Crippen LogP contribution in [0, 0.1) is 5.92 Å². The van der Waals surface area contributed by atoms with Crippen LogP contribution in [0.4, 0.5) is 0 Å². The largest absolute Gasteiger partial charge is 0.386 e. The van der Waals surface area contributed by atoms with E-state index in [2.05, 4.69) is 40.7 Å². The van der Waals surface area contributed by atoms with Gasteiger partial charge in [-0.2, -0.15) is 0 Å². The number of halogens is 1. The highest BCUT2D eigenvalue weighted by Crippen LogP contribution is 2.37. The summed E-state index contributed by atoms with van der Waals surface area (Å²) in [5.74, 6) is 0.299. The van der Waals surface area contributed by atoms with E-state index in [-0.39, 0.29) is 0 Å². The molecule has 1 fully saturated rings. The van der Waals surface area contributed by atoms with Gasteiger partial charge in [-0.25, -0.2) is 0 Å². The van der Waals surface area contributed by atoms with Crippen LogP contribution in [-0.4, -0.2) is 10.7 Å². The van der Waals surface area contributed by atoms with Gasteiger partial charge in [-0.1, -0.05) is 53.0 Å². The molecule has 1 aliphatic rings. The van der Waals surface area contributed by atoms with E-state index >= 15 is 0 Å². The molecule has 0 radical (unpaired) electrons. The molecule has 1 N–H and O–H groups in total. The lowest BCUT2D eigenvalue weighted by molar-refractivity contribution is -0.00429. The van der Waals surface area contributed by atoms with Gasteiger partial charge in [-0.3, -0.25) is 0 Å². The van der Waals surface area contributed by atoms with E-state index in [0.717, 1.165) is 30.2 Å². The van der Waals surface area contributed by atoms with Crippen LogP contribution < -0.4 is 0 Å². The molecule has 0 aliphatic heterocycles. The number of hydrogen-bond acceptors (Lipinski definition) is 1. The molecule has 92 valence electrons. The zero-order valence-electron chi connectivity index (χ0n) is 10.0. The van der Waals surface area contributed by atoms with Gasteiger partial charge < -0.3 is 5.11 Å². The normalized spacial score (nSPS) is 28.9. The average molecular weight is 295 g/mol. The van der Waals surface area contributed by atoms with Crippen molar-refractivity contribution in [2.24, 2.45) is 5.92 Å². The van der Waals surface area contributed by atoms with Gasteiger partial charge in [0.15, 0.2) is 0 Å². The van der Waals surface area contributed by atoms with Crippen molar-refractivity contribution in [3.05, 3.63) is 47.0 Å². The average Bonchev–Trinajstić information content (AvgIpc) is 2.35. The molecule has 2 atom stereocenters. The van der Waals surface area contributed by atoms with E-state index in [9.17, 15) is 5.11 Å². The number of hydrogen-bond donors (Lipinski definition) is 1.